The second-order valence-corrected chi connectivity index (χ2v) is 4.78. The fourth-order valence-electron chi connectivity index (χ4n) is 1.05. The van der Waals surface area contributed by atoms with Crippen molar-refractivity contribution in [3.8, 4) is 6.07 Å². The number of aliphatic hydroxyl groups excluding tert-OH is 1. The van der Waals surface area contributed by atoms with Crippen LogP contribution in [0.2, 0.25) is 0 Å². The molecule has 0 saturated heterocycles. The predicted molar refractivity (Wildman–Crippen MR) is 57.6 cm³/mol. The molecule has 0 bridgehead atoms. The summed E-state index contributed by atoms with van der Waals surface area (Å²) in [5, 5.41) is 18.7. The van der Waals surface area contributed by atoms with E-state index in [1.54, 1.807) is 11.8 Å². The van der Waals surface area contributed by atoms with Gasteiger partial charge in [-0.05, 0) is 31.3 Å². The van der Waals surface area contributed by atoms with Crippen molar-refractivity contribution in [3.63, 3.8) is 0 Å². The Kier molecular flexibility index (Phi) is 6.19. The first-order chi connectivity index (χ1) is 6.10. The lowest BCUT2D eigenvalue weighted by atomic mass is 9.82. The Morgan fingerprint density at radius 3 is 2.54 bits per heavy atom. The molecule has 0 aliphatic heterocycles. The molecule has 0 aromatic rings. The van der Waals surface area contributed by atoms with E-state index < -0.39 is 11.5 Å². The molecule has 76 valence electrons. The number of hydrogen-bond donors (Lipinski definition) is 1. The number of rotatable bonds is 6. The van der Waals surface area contributed by atoms with Crippen molar-refractivity contribution in [3.05, 3.63) is 0 Å². The van der Waals surface area contributed by atoms with Crippen molar-refractivity contribution in [2.75, 3.05) is 11.5 Å². The van der Waals surface area contributed by atoms with Crippen molar-refractivity contribution in [1.82, 2.24) is 0 Å². The Balaban J connectivity index is 3.94. The third-order valence-electron chi connectivity index (χ3n) is 2.47. The Morgan fingerprint density at radius 1 is 1.54 bits per heavy atom. The van der Waals surface area contributed by atoms with Gasteiger partial charge in [-0.25, -0.2) is 0 Å². The van der Waals surface area contributed by atoms with Crippen LogP contribution in [0.1, 0.15) is 33.6 Å². The molecule has 3 heteroatoms. The van der Waals surface area contributed by atoms with Crippen molar-refractivity contribution in [2.45, 2.75) is 39.7 Å². The summed E-state index contributed by atoms with van der Waals surface area (Å²) in [4.78, 5) is 0. The molecule has 0 amide bonds. The Bertz CT molecular complexity index is 178. The van der Waals surface area contributed by atoms with Gasteiger partial charge in [0.25, 0.3) is 0 Å². The van der Waals surface area contributed by atoms with Crippen molar-refractivity contribution in [2.24, 2.45) is 5.41 Å². The number of nitriles is 1. The minimum atomic E-state index is -0.561. The smallest absolute Gasteiger partial charge is 0.0802 e. The van der Waals surface area contributed by atoms with Crippen LogP contribution in [0.25, 0.3) is 0 Å². The lowest BCUT2D eigenvalue weighted by molar-refractivity contribution is 0.0703. The lowest BCUT2D eigenvalue weighted by Gasteiger charge is -2.25. The van der Waals surface area contributed by atoms with Crippen LogP contribution in [0, 0.1) is 16.7 Å². The summed E-state index contributed by atoms with van der Waals surface area (Å²) in [6.45, 7) is 5.87. The summed E-state index contributed by atoms with van der Waals surface area (Å²) in [5.41, 5.74) is -0.561. The average molecular weight is 201 g/mol. The van der Waals surface area contributed by atoms with Crippen molar-refractivity contribution in [1.29, 1.82) is 5.26 Å². The minimum Gasteiger partial charge on any atom is -0.391 e. The van der Waals surface area contributed by atoms with Crippen LogP contribution in [0.4, 0.5) is 0 Å². The van der Waals surface area contributed by atoms with E-state index in [1.165, 1.54) is 0 Å². The Labute approximate surface area is 85.3 Å². The summed E-state index contributed by atoms with van der Waals surface area (Å²) in [7, 11) is 0. The number of thioether (sulfide) groups is 1. The second kappa shape index (κ2) is 6.28. The minimum absolute atomic E-state index is 0.485. The highest BCUT2D eigenvalue weighted by molar-refractivity contribution is 7.99. The SMILES string of the molecule is CCSCCC(O)C(C)(C#N)CC. The van der Waals surface area contributed by atoms with E-state index >= 15 is 0 Å². The highest BCUT2D eigenvalue weighted by Crippen LogP contribution is 2.27. The van der Waals surface area contributed by atoms with Crippen LogP contribution in [0.5, 0.6) is 0 Å². The maximum atomic E-state index is 9.76. The first-order valence-corrected chi connectivity index (χ1v) is 5.93. The van der Waals surface area contributed by atoms with E-state index in [4.69, 9.17) is 5.26 Å². The van der Waals surface area contributed by atoms with Gasteiger partial charge in [-0.15, -0.1) is 0 Å². The van der Waals surface area contributed by atoms with E-state index in [9.17, 15) is 5.11 Å². The standard InChI is InChI=1S/C10H19NOS/c1-4-10(3,8-11)9(12)6-7-13-5-2/h9,12H,4-7H2,1-3H3. The van der Waals surface area contributed by atoms with Crippen LogP contribution in [0.15, 0.2) is 0 Å². The molecule has 0 fully saturated rings. The molecule has 2 unspecified atom stereocenters. The maximum Gasteiger partial charge on any atom is 0.0802 e. The molecule has 0 aliphatic carbocycles. The topological polar surface area (TPSA) is 44.0 Å². The van der Waals surface area contributed by atoms with E-state index in [2.05, 4.69) is 13.0 Å². The summed E-state index contributed by atoms with van der Waals surface area (Å²) in [6.07, 6.45) is 0.944. The monoisotopic (exact) mass is 201 g/mol. The summed E-state index contributed by atoms with van der Waals surface area (Å²) < 4.78 is 0. The summed E-state index contributed by atoms with van der Waals surface area (Å²) in [6, 6.07) is 2.20. The van der Waals surface area contributed by atoms with E-state index in [1.807, 2.05) is 13.8 Å². The molecule has 0 radical (unpaired) electrons. The second-order valence-electron chi connectivity index (χ2n) is 3.38. The molecule has 2 atom stereocenters. The molecular formula is C10H19NOS. The van der Waals surface area contributed by atoms with Gasteiger partial charge in [-0.2, -0.15) is 17.0 Å². The van der Waals surface area contributed by atoms with E-state index in [-0.39, 0.29) is 0 Å². The molecule has 0 aromatic heterocycles. The van der Waals surface area contributed by atoms with Gasteiger partial charge < -0.3 is 5.11 Å². The van der Waals surface area contributed by atoms with E-state index in [0.717, 1.165) is 17.9 Å². The first-order valence-electron chi connectivity index (χ1n) is 4.77. The molecule has 0 rings (SSSR count). The maximum absolute atomic E-state index is 9.76. The van der Waals surface area contributed by atoms with Crippen LogP contribution in [-0.4, -0.2) is 22.7 Å². The molecule has 0 aromatic carbocycles. The molecule has 2 nitrogen and oxygen atoms in total. The Hall–Kier alpha value is -0.200. The zero-order valence-corrected chi connectivity index (χ0v) is 9.52. The average Bonchev–Trinajstić information content (AvgIpc) is 2.17. The highest BCUT2D eigenvalue weighted by atomic mass is 32.2. The molecule has 0 aliphatic rings. The summed E-state index contributed by atoms with van der Waals surface area (Å²) >= 11 is 1.80. The quantitative estimate of drug-likeness (QED) is 0.671. The van der Waals surface area contributed by atoms with Gasteiger partial charge in [-0.3, -0.25) is 0 Å². The fourth-order valence-corrected chi connectivity index (χ4v) is 1.73. The third kappa shape index (κ3) is 4.02. The van der Waals surface area contributed by atoms with Gasteiger partial charge in [0.15, 0.2) is 0 Å². The highest BCUT2D eigenvalue weighted by Gasteiger charge is 2.30. The van der Waals surface area contributed by atoms with Gasteiger partial charge in [0.2, 0.25) is 0 Å². The Morgan fingerprint density at radius 2 is 2.15 bits per heavy atom. The molecule has 0 saturated carbocycles. The van der Waals surface area contributed by atoms with Crippen molar-refractivity contribution < 1.29 is 5.11 Å². The number of nitrogens with zero attached hydrogens (tertiary/aromatic N) is 1. The van der Waals surface area contributed by atoms with Gasteiger partial charge in [-0.1, -0.05) is 13.8 Å². The van der Waals surface area contributed by atoms with Gasteiger partial charge in [0.05, 0.1) is 17.6 Å². The lowest BCUT2D eigenvalue weighted by Crippen LogP contribution is -2.30. The molecule has 1 N–H and O–H groups in total. The molecule has 0 spiro atoms. The summed E-state index contributed by atoms with van der Waals surface area (Å²) in [5.74, 6) is 2.01. The van der Waals surface area contributed by atoms with Gasteiger partial charge >= 0.3 is 0 Å². The van der Waals surface area contributed by atoms with Crippen LogP contribution in [0.3, 0.4) is 0 Å². The molecular weight excluding hydrogens is 182 g/mol. The molecule has 0 heterocycles. The van der Waals surface area contributed by atoms with Crippen LogP contribution < -0.4 is 0 Å². The third-order valence-corrected chi connectivity index (χ3v) is 3.40. The zero-order chi connectivity index (χ0) is 10.3. The fraction of sp³-hybridized carbons (Fsp3) is 0.900. The normalized spacial score (nSPS) is 17.5. The van der Waals surface area contributed by atoms with Crippen LogP contribution >= 0.6 is 11.8 Å². The van der Waals surface area contributed by atoms with Gasteiger partial charge in [0.1, 0.15) is 0 Å². The first kappa shape index (κ1) is 12.8. The van der Waals surface area contributed by atoms with Gasteiger partial charge in [0, 0.05) is 0 Å². The number of aliphatic hydroxyl groups is 1. The van der Waals surface area contributed by atoms with Crippen LogP contribution in [-0.2, 0) is 0 Å². The largest absolute Gasteiger partial charge is 0.391 e. The molecule has 13 heavy (non-hydrogen) atoms. The van der Waals surface area contributed by atoms with E-state index in [0.29, 0.717) is 6.42 Å². The van der Waals surface area contributed by atoms with Crippen molar-refractivity contribution >= 4 is 11.8 Å². The number of hydrogen-bond acceptors (Lipinski definition) is 3. The predicted octanol–water partition coefficient (Wildman–Crippen LogP) is 2.43. The zero-order valence-electron chi connectivity index (χ0n) is 8.71.